The Labute approximate surface area is 140 Å². The zero-order valence-corrected chi connectivity index (χ0v) is 13.7. The van der Waals surface area contributed by atoms with Crippen molar-refractivity contribution in [3.63, 3.8) is 0 Å². The molecule has 126 valence electrons. The fraction of sp³-hybridized carbons (Fsp3) is 0.222. The number of carbonyl (C=O) groups excluding carboxylic acids is 2. The number of anilines is 2. The van der Waals surface area contributed by atoms with Crippen LogP contribution >= 0.6 is 0 Å². The monoisotopic (exact) mass is 328 g/mol. The molecule has 0 atom stereocenters. The molecule has 2 aromatic carbocycles. The summed E-state index contributed by atoms with van der Waals surface area (Å²) in [5.74, 6) is 0.699. The largest absolute Gasteiger partial charge is 0.490 e. The van der Waals surface area contributed by atoms with Gasteiger partial charge < -0.3 is 20.1 Å². The number of benzene rings is 2. The van der Waals surface area contributed by atoms with Crippen molar-refractivity contribution in [2.45, 2.75) is 13.8 Å². The third-order valence-corrected chi connectivity index (χ3v) is 3.00. The van der Waals surface area contributed by atoms with Gasteiger partial charge in [-0.05, 0) is 43.3 Å². The molecule has 0 radical (unpaired) electrons. The van der Waals surface area contributed by atoms with Crippen molar-refractivity contribution in [2.75, 3.05) is 23.8 Å². The molecule has 0 heterocycles. The molecule has 24 heavy (non-hydrogen) atoms. The van der Waals surface area contributed by atoms with Crippen molar-refractivity contribution in [3.05, 3.63) is 48.5 Å². The van der Waals surface area contributed by atoms with E-state index in [1.54, 1.807) is 36.4 Å². The molecule has 0 aliphatic rings. The van der Waals surface area contributed by atoms with E-state index in [2.05, 4.69) is 10.6 Å². The number of hydrogen-bond acceptors (Lipinski definition) is 4. The van der Waals surface area contributed by atoms with Gasteiger partial charge >= 0.3 is 0 Å². The second-order valence-corrected chi connectivity index (χ2v) is 4.98. The molecule has 0 aliphatic heterocycles. The van der Waals surface area contributed by atoms with E-state index in [-0.39, 0.29) is 18.4 Å². The van der Waals surface area contributed by atoms with Gasteiger partial charge in [-0.15, -0.1) is 0 Å². The maximum absolute atomic E-state index is 12.0. The Morgan fingerprint density at radius 2 is 1.42 bits per heavy atom. The average molecular weight is 328 g/mol. The normalized spacial score (nSPS) is 9.92. The predicted octanol–water partition coefficient (Wildman–Crippen LogP) is 3.06. The zero-order valence-electron chi connectivity index (χ0n) is 13.7. The molecule has 2 N–H and O–H groups in total. The predicted molar refractivity (Wildman–Crippen MR) is 92.5 cm³/mol. The van der Waals surface area contributed by atoms with E-state index in [0.29, 0.717) is 29.5 Å². The fourth-order valence-corrected chi connectivity index (χ4v) is 2.02. The summed E-state index contributed by atoms with van der Waals surface area (Å²) in [6.45, 7) is 3.71. The second kappa shape index (κ2) is 8.57. The van der Waals surface area contributed by atoms with Crippen LogP contribution in [0.25, 0.3) is 0 Å². The summed E-state index contributed by atoms with van der Waals surface area (Å²) >= 11 is 0. The number of carbonyl (C=O) groups is 2. The van der Waals surface area contributed by atoms with Crippen molar-refractivity contribution in [1.29, 1.82) is 0 Å². The first-order chi connectivity index (χ1) is 11.6. The van der Waals surface area contributed by atoms with Gasteiger partial charge in [0.2, 0.25) is 5.91 Å². The molecule has 0 fully saturated rings. The number of hydrogen-bond donors (Lipinski definition) is 2. The van der Waals surface area contributed by atoms with Crippen LogP contribution in [0, 0.1) is 0 Å². The summed E-state index contributed by atoms with van der Waals surface area (Å²) in [6, 6.07) is 14.0. The lowest BCUT2D eigenvalue weighted by molar-refractivity contribution is -0.118. The standard InChI is InChI=1S/C18H20N2O4/c1-3-23-16-6-4-5-7-17(16)24-12-18(22)20-15-10-8-14(9-11-15)19-13(2)21/h4-11H,3,12H2,1-2H3,(H,19,21)(H,20,22). The molecule has 0 aliphatic carbocycles. The van der Waals surface area contributed by atoms with Crippen LogP contribution in [0.5, 0.6) is 11.5 Å². The second-order valence-electron chi connectivity index (χ2n) is 4.98. The average Bonchev–Trinajstić information content (AvgIpc) is 2.56. The maximum atomic E-state index is 12.0. The summed E-state index contributed by atoms with van der Waals surface area (Å²) in [4.78, 5) is 22.9. The van der Waals surface area contributed by atoms with E-state index in [1.807, 2.05) is 19.1 Å². The van der Waals surface area contributed by atoms with Crippen molar-refractivity contribution in [3.8, 4) is 11.5 Å². The van der Waals surface area contributed by atoms with Crippen LogP contribution in [0.15, 0.2) is 48.5 Å². The lowest BCUT2D eigenvalue weighted by atomic mass is 10.2. The fourth-order valence-electron chi connectivity index (χ4n) is 2.02. The van der Waals surface area contributed by atoms with Gasteiger partial charge in [0.15, 0.2) is 18.1 Å². The summed E-state index contributed by atoms with van der Waals surface area (Å²) < 4.78 is 10.9. The third-order valence-electron chi connectivity index (χ3n) is 3.00. The molecular formula is C18H20N2O4. The van der Waals surface area contributed by atoms with Crippen LogP contribution in [0.2, 0.25) is 0 Å². The van der Waals surface area contributed by atoms with E-state index in [0.717, 1.165) is 0 Å². The Morgan fingerprint density at radius 3 is 1.96 bits per heavy atom. The van der Waals surface area contributed by atoms with E-state index in [1.165, 1.54) is 6.92 Å². The van der Waals surface area contributed by atoms with Crippen LogP contribution in [0.1, 0.15) is 13.8 Å². The molecule has 2 amide bonds. The Morgan fingerprint density at radius 1 is 0.875 bits per heavy atom. The van der Waals surface area contributed by atoms with Gasteiger partial charge in [-0.1, -0.05) is 12.1 Å². The highest BCUT2D eigenvalue weighted by Gasteiger charge is 2.08. The van der Waals surface area contributed by atoms with E-state index >= 15 is 0 Å². The molecule has 0 unspecified atom stereocenters. The van der Waals surface area contributed by atoms with Gasteiger partial charge in [0.1, 0.15) is 0 Å². The topological polar surface area (TPSA) is 76.7 Å². The molecule has 0 spiro atoms. The van der Waals surface area contributed by atoms with Crippen molar-refractivity contribution in [1.82, 2.24) is 0 Å². The Balaban J connectivity index is 1.88. The third kappa shape index (κ3) is 5.31. The lowest BCUT2D eigenvalue weighted by Gasteiger charge is -2.12. The number of amides is 2. The number of ether oxygens (including phenoxy) is 2. The van der Waals surface area contributed by atoms with Crippen molar-refractivity contribution < 1.29 is 19.1 Å². The van der Waals surface area contributed by atoms with E-state index in [4.69, 9.17) is 9.47 Å². The molecule has 2 aromatic rings. The molecule has 6 nitrogen and oxygen atoms in total. The quantitative estimate of drug-likeness (QED) is 0.819. The first-order valence-electron chi connectivity index (χ1n) is 7.60. The molecular weight excluding hydrogens is 308 g/mol. The van der Waals surface area contributed by atoms with Gasteiger partial charge in [-0.3, -0.25) is 9.59 Å². The molecule has 6 heteroatoms. The van der Waals surface area contributed by atoms with Gasteiger partial charge in [0, 0.05) is 18.3 Å². The minimum absolute atomic E-state index is 0.127. The molecule has 0 saturated heterocycles. The summed E-state index contributed by atoms with van der Waals surface area (Å²) in [5, 5.41) is 5.39. The number of nitrogens with one attached hydrogen (secondary N) is 2. The lowest BCUT2D eigenvalue weighted by Crippen LogP contribution is -2.20. The van der Waals surface area contributed by atoms with Crippen LogP contribution in [0.4, 0.5) is 11.4 Å². The highest BCUT2D eigenvalue weighted by atomic mass is 16.5. The number of rotatable bonds is 7. The Kier molecular flexibility index (Phi) is 6.19. The van der Waals surface area contributed by atoms with Crippen LogP contribution in [-0.2, 0) is 9.59 Å². The highest BCUT2D eigenvalue weighted by molar-refractivity contribution is 5.93. The van der Waals surface area contributed by atoms with Crippen LogP contribution in [0.3, 0.4) is 0 Å². The molecule has 0 aromatic heterocycles. The Hall–Kier alpha value is -3.02. The molecule has 0 saturated carbocycles. The van der Waals surface area contributed by atoms with Gasteiger partial charge in [0.25, 0.3) is 5.91 Å². The summed E-state index contributed by atoms with van der Waals surface area (Å²) in [7, 11) is 0. The molecule has 0 bridgehead atoms. The Bertz CT molecular complexity index is 698. The minimum atomic E-state index is -0.284. The van der Waals surface area contributed by atoms with E-state index < -0.39 is 0 Å². The van der Waals surface area contributed by atoms with Crippen LogP contribution in [-0.4, -0.2) is 25.0 Å². The highest BCUT2D eigenvalue weighted by Crippen LogP contribution is 2.26. The zero-order chi connectivity index (χ0) is 17.4. The van der Waals surface area contributed by atoms with Crippen molar-refractivity contribution in [2.24, 2.45) is 0 Å². The maximum Gasteiger partial charge on any atom is 0.262 e. The van der Waals surface area contributed by atoms with Gasteiger partial charge in [0.05, 0.1) is 6.61 Å². The molecule has 2 rings (SSSR count). The van der Waals surface area contributed by atoms with Crippen molar-refractivity contribution >= 4 is 23.2 Å². The number of para-hydroxylation sites is 2. The van der Waals surface area contributed by atoms with Crippen LogP contribution < -0.4 is 20.1 Å². The minimum Gasteiger partial charge on any atom is -0.490 e. The first-order valence-corrected chi connectivity index (χ1v) is 7.60. The summed E-state index contributed by atoms with van der Waals surface area (Å²) in [6.07, 6.45) is 0. The smallest absolute Gasteiger partial charge is 0.262 e. The summed E-state index contributed by atoms with van der Waals surface area (Å²) in [5.41, 5.74) is 1.29. The van der Waals surface area contributed by atoms with Gasteiger partial charge in [-0.25, -0.2) is 0 Å². The van der Waals surface area contributed by atoms with Gasteiger partial charge in [-0.2, -0.15) is 0 Å². The van der Waals surface area contributed by atoms with E-state index in [9.17, 15) is 9.59 Å². The SMILES string of the molecule is CCOc1ccccc1OCC(=O)Nc1ccc(NC(C)=O)cc1. The first kappa shape index (κ1) is 17.3.